The fourth-order valence-electron chi connectivity index (χ4n) is 5.05. The molecule has 0 saturated carbocycles. The van der Waals surface area contributed by atoms with Gasteiger partial charge >= 0.3 is 19.8 Å². The molecule has 0 heterocycles. The van der Waals surface area contributed by atoms with Gasteiger partial charge in [-0.2, -0.15) is 0 Å². The minimum absolute atomic E-state index is 0.0345. The smallest absolute Gasteiger partial charge is 0.462 e. The Hall–Kier alpha value is -2.59. The molecule has 0 aliphatic rings. The molecule has 0 aliphatic carbocycles. The van der Waals surface area contributed by atoms with Gasteiger partial charge in [0.25, 0.3) is 0 Å². The summed E-state index contributed by atoms with van der Waals surface area (Å²) in [6.07, 6.45) is 45.2. The predicted octanol–water partition coefficient (Wildman–Crippen LogP) is 10.5. The van der Waals surface area contributed by atoms with Gasteiger partial charge in [-0.05, 0) is 89.9 Å². The van der Waals surface area contributed by atoms with E-state index in [1.165, 1.54) is 25.7 Å². The second-order valence-electron chi connectivity index (χ2n) is 13.2. The molecule has 54 heavy (non-hydrogen) atoms. The van der Waals surface area contributed by atoms with Crippen molar-refractivity contribution in [1.29, 1.82) is 0 Å². The number of unbranched alkanes of at least 4 members (excludes halogenated alkanes) is 12. The third kappa shape index (κ3) is 39.1. The first-order chi connectivity index (χ1) is 26.3. The summed E-state index contributed by atoms with van der Waals surface area (Å²) < 4.78 is 32.6. The largest absolute Gasteiger partial charge is 0.472 e. The summed E-state index contributed by atoms with van der Waals surface area (Å²) in [6.45, 7) is 1.60. The highest BCUT2D eigenvalue weighted by atomic mass is 31.2. The zero-order valence-corrected chi connectivity index (χ0v) is 34.3. The van der Waals surface area contributed by atoms with Gasteiger partial charge in [0, 0.05) is 26.0 Å². The quantitative estimate of drug-likeness (QED) is 0.0239. The topological polar surface area (TPSA) is 155 Å². The van der Waals surface area contributed by atoms with Gasteiger partial charge in [0.1, 0.15) is 6.61 Å². The summed E-state index contributed by atoms with van der Waals surface area (Å²) >= 11 is 0. The lowest BCUT2D eigenvalue weighted by molar-refractivity contribution is -0.161. The van der Waals surface area contributed by atoms with Gasteiger partial charge in [0.2, 0.25) is 0 Å². The number of carbonyl (C=O) groups excluding carboxylic acids is 2. The van der Waals surface area contributed by atoms with E-state index in [1.54, 1.807) is 0 Å². The van der Waals surface area contributed by atoms with E-state index in [4.69, 9.17) is 29.4 Å². The molecule has 0 radical (unpaired) electrons. The molecule has 0 amide bonds. The number of aliphatic hydroxyl groups is 1. The number of phosphoric acid groups is 1. The van der Waals surface area contributed by atoms with Crippen molar-refractivity contribution in [3.8, 4) is 0 Å². The van der Waals surface area contributed by atoms with Crippen LogP contribution >= 0.6 is 7.82 Å². The SMILES string of the molecule is CCCCC/C=C\C/C=C\CCCCCCCC(=O)OC[C@H](COP(=O)(O)OCCN)OC(=O)CCC/C=C\C/C=C\C/C=C\C/C=C\CCCCCO. The Kier molecular flexibility index (Phi) is 38.2. The highest BCUT2D eigenvalue weighted by Gasteiger charge is 2.25. The standard InChI is InChI=1S/C43H74NO9P/c1-2-3-4-5-6-7-8-9-13-16-19-22-25-28-31-34-42(46)50-39-41(40-52-54(48,49)51-38-36-44)53-43(47)35-32-29-26-23-20-17-14-11-10-12-15-18-21-24-27-30-33-37-45/h6-7,9-10,12-14,17-18,21,23,26,41,45H,2-5,8,11,15-16,19-20,22,24-25,27-40,44H2,1H3,(H,48,49)/b7-6-,12-10-,13-9-,17-14-,21-18-,26-23-/t41-/m1/s1. The first-order valence-electron chi connectivity index (χ1n) is 20.5. The van der Waals surface area contributed by atoms with Crippen molar-refractivity contribution in [3.63, 3.8) is 0 Å². The summed E-state index contributed by atoms with van der Waals surface area (Å²) in [5.74, 6) is -0.932. The number of hydrogen-bond acceptors (Lipinski definition) is 9. The first kappa shape index (κ1) is 51.4. The zero-order chi connectivity index (χ0) is 39.6. The lowest BCUT2D eigenvalue weighted by Gasteiger charge is -2.19. The molecule has 0 bridgehead atoms. The molecule has 0 spiro atoms. The Morgan fingerprint density at radius 1 is 0.593 bits per heavy atom. The maximum absolute atomic E-state index is 12.5. The van der Waals surface area contributed by atoms with Crippen LogP contribution in [-0.2, 0) is 32.7 Å². The summed E-state index contributed by atoms with van der Waals surface area (Å²) in [5, 5.41) is 8.78. The minimum Gasteiger partial charge on any atom is -0.462 e. The Balaban J connectivity index is 4.32. The van der Waals surface area contributed by atoms with E-state index in [0.717, 1.165) is 83.5 Å². The van der Waals surface area contributed by atoms with Crippen LogP contribution in [0.1, 0.15) is 148 Å². The number of ether oxygens (including phenoxy) is 2. The molecule has 1 unspecified atom stereocenters. The Morgan fingerprint density at radius 2 is 1.06 bits per heavy atom. The lowest BCUT2D eigenvalue weighted by Crippen LogP contribution is -2.29. The molecule has 11 heteroatoms. The van der Waals surface area contributed by atoms with Gasteiger partial charge in [-0.15, -0.1) is 0 Å². The van der Waals surface area contributed by atoms with Crippen molar-refractivity contribution >= 4 is 19.8 Å². The molecule has 0 rings (SSSR count). The van der Waals surface area contributed by atoms with Crippen LogP contribution in [0.4, 0.5) is 0 Å². The number of carbonyl (C=O) groups is 2. The number of nitrogens with two attached hydrogens (primary N) is 1. The third-order valence-corrected chi connectivity index (χ3v) is 9.10. The Morgan fingerprint density at radius 3 is 1.59 bits per heavy atom. The second-order valence-corrected chi connectivity index (χ2v) is 14.7. The van der Waals surface area contributed by atoms with Crippen LogP contribution in [0.2, 0.25) is 0 Å². The van der Waals surface area contributed by atoms with E-state index in [0.29, 0.717) is 19.3 Å². The molecular formula is C43H74NO9P. The summed E-state index contributed by atoms with van der Waals surface area (Å²) in [4.78, 5) is 34.8. The van der Waals surface area contributed by atoms with Crippen molar-refractivity contribution < 1.29 is 42.7 Å². The summed E-state index contributed by atoms with van der Waals surface area (Å²) in [6, 6.07) is 0. The maximum Gasteiger partial charge on any atom is 0.472 e. The molecule has 4 N–H and O–H groups in total. The van der Waals surface area contributed by atoms with Crippen LogP contribution in [0.3, 0.4) is 0 Å². The number of phosphoric ester groups is 1. The molecule has 0 saturated heterocycles. The zero-order valence-electron chi connectivity index (χ0n) is 33.4. The maximum atomic E-state index is 12.5. The monoisotopic (exact) mass is 780 g/mol. The summed E-state index contributed by atoms with van der Waals surface area (Å²) in [5.41, 5.74) is 5.33. The molecule has 0 aromatic carbocycles. The van der Waals surface area contributed by atoms with Crippen LogP contribution in [0.15, 0.2) is 72.9 Å². The molecule has 0 aromatic heterocycles. The van der Waals surface area contributed by atoms with Gasteiger partial charge in [0.15, 0.2) is 6.10 Å². The molecule has 2 atom stereocenters. The van der Waals surface area contributed by atoms with Crippen LogP contribution < -0.4 is 5.73 Å². The molecule has 0 aliphatic heterocycles. The van der Waals surface area contributed by atoms with Gasteiger partial charge in [-0.1, -0.05) is 118 Å². The molecule has 0 fully saturated rings. The molecule has 310 valence electrons. The number of allylic oxidation sites excluding steroid dienone is 12. The highest BCUT2D eigenvalue weighted by Crippen LogP contribution is 2.43. The van der Waals surface area contributed by atoms with Gasteiger partial charge in [-0.25, -0.2) is 4.57 Å². The fraction of sp³-hybridized carbons (Fsp3) is 0.674. The van der Waals surface area contributed by atoms with Crippen LogP contribution in [0, 0.1) is 0 Å². The average Bonchev–Trinajstić information content (AvgIpc) is 3.16. The van der Waals surface area contributed by atoms with Crippen LogP contribution in [0.25, 0.3) is 0 Å². The van der Waals surface area contributed by atoms with E-state index in [2.05, 4.69) is 73.8 Å². The van der Waals surface area contributed by atoms with E-state index >= 15 is 0 Å². The lowest BCUT2D eigenvalue weighted by atomic mass is 10.1. The molecule has 10 nitrogen and oxygen atoms in total. The number of hydrogen-bond donors (Lipinski definition) is 3. The second kappa shape index (κ2) is 40.1. The van der Waals surface area contributed by atoms with E-state index in [-0.39, 0.29) is 39.2 Å². The van der Waals surface area contributed by atoms with Crippen molar-refractivity contribution in [2.24, 2.45) is 5.73 Å². The third-order valence-electron chi connectivity index (χ3n) is 8.12. The van der Waals surface area contributed by atoms with Crippen molar-refractivity contribution in [1.82, 2.24) is 0 Å². The molecular weight excluding hydrogens is 705 g/mol. The van der Waals surface area contributed by atoms with E-state index in [9.17, 15) is 19.0 Å². The number of rotatable bonds is 38. The Labute approximate surface area is 327 Å². The van der Waals surface area contributed by atoms with Crippen molar-refractivity contribution in [3.05, 3.63) is 72.9 Å². The van der Waals surface area contributed by atoms with Crippen molar-refractivity contribution in [2.75, 3.05) is 33.0 Å². The molecule has 0 aromatic rings. The number of esters is 2. The summed E-state index contributed by atoms with van der Waals surface area (Å²) in [7, 11) is -4.40. The van der Waals surface area contributed by atoms with Gasteiger partial charge in [0.05, 0.1) is 13.2 Å². The predicted molar refractivity (Wildman–Crippen MR) is 221 cm³/mol. The average molecular weight is 780 g/mol. The minimum atomic E-state index is -4.40. The fourth-order valence-corrected chi connectivity index (χ4v) is 5.81. The van der Waals surface area contributed by atoms with E-state index < -0.39 is 32.5 Å². The first-order valence-corrected chi connectivity index (χ1v) is 22.0. The number of aliphatic hydroxyl groups excluding tert-OH is 1. The van der Waals surface area contributed by atoms with Crippen LogP contribution in [-0.4, -0.2) is 61.0 Å². The van der Waals surface area contributed by atoms with Crippen LogP contribution in [0.5, 0.6) is 0 Å². The van der Waals surface area contributed by atoms with Crippen molar-refractivity contribution in [2.45, 2.75) is 154 Å². The Bertz CT molecular complexity index is 1120. The van der Waals surface area contributed by atoms with E-state index in [1.807, 2.05) is 6.08 Å². The van der Waals surface area contributed by atoms with Gasteiger partial charge < -0.3 is 25.2 Å². The van der Waals surface area contributed by atoms with Gasteiger partial charge in [-0.3, -0.25) is 18.6 Å². The normalized spacial score (nSPS) is 14.1. The highest BCUT2D eigenvalue weighted by molar-refractivity contribution is 7.47.